The molecule has 1 aliphatic rings. The van der Waals surface area contributed by atoms with Crippen molar-refractivity contribution < 1.29 is 9.45 Å². The molecule has 8 nitrogen and oxygen atoms in total. The zero-order chi connectivity index (χ0) is 18.0. The lowest BCUT2D eigenvalue weighted by Crippen LogP contribution is -2.46. The van der Waals surface area contributed by atoms with Gasteiger partial charge in [0.1, 0.15) is 11.4 Å². The maximum Gasteiger partial charge on any atom is 0.293 e. The number of benzene rings is 1. The highest BCUT2D eigenvalue weighted by atomic mass is 16.6. The molecule has 0 spiro atoms. The fourth-order valence-corrected chi connectivity index (χ4v) is 3.10. The van der Waals surface area contributed by atoms with Gasteiger partial charge in [0.2, 0.25) is 0 Å². The summed E-state index contributed by atoms with van der Waals surface area (Å²) in [5.41, 5.74) is 2.87. The zero-order valence-electron chi connectivity index (χ0n) is 14.2. The van der Waals surface area contributed by atoms with E-state index in [2.05, 4.69) is 10.1 Å². The largest absolute Gasteiger partial charge is 0.363 e. The van der Waals surface area contributed by atoms with E-state index in [1.165, 1.54) is 6.07 Å². The van der Waals surface area contributed by atoms with E-state index < -0.39 is 4.92 Å². The lowest BCUT2D eigenvalue weighted by molar-refractivity contribution is -0.384. The summed E-state index contributed by atoms with van der Waals surface area (Å²) >= 11 is 0. The van der Waals surface area contributed by atoms with Gasteiger partial charge < -0.3 is 9.42 Å². The number of piperazine rings is 1. The van der Waals surface area contributed by atoms with Gasteiger partial charge in [0.05, 0.1) is 22.2 Å². The van der Waals surface area contributed by atoms with Gasteiger partial charge >= 0.3 is 0 Å². The number of anilines is 1. The summed E-state index contributed by atoms with van der Waals surface area (Å²) in [4.78, 5) is 15.2. The smallest absolute Gasteiger partial charge is 0.293 e. The molecule has 0 bridgehead atoms. The summed E-state index contributed by atoms with van der Waals surface area (Å²) in [5.74, 6) is 0.836. The van der Waals surface area contributed by atoms with Crippen molar-refractivity contribution in [2.45, 2.75) is 20.4 Å². The van der Waals surface area contributed by atoms with E-state index in [0.717, 1.165) is 36.7 Å². The van der Waals surface area contributed by atoms with Crippen LogP contribution < -0.4 is 4.90 Å². The molecule has 2 aromatic rings. The molecule has 0 unspecified atom stereocenters. The van der Waals surface area contributed by atoms with Crippen LogP contribution in [0.5, 0.6) is 0 Å². The van der Waals surface area contributed by atoms with E-state index in [1.54, 1.807) is 12.1 Å². The minimum absolute atomic E-state index is 0.0155. The average Bonchev–Trinajstić information content (AvgIpc) is 2.94. The molecule has 25 heavy (non-hydrogen) atoms. The Bertz CT molecular complexity index is 812. The Hall–Kier alpha value is -2.92. The molecular weight excluding hydrogens is 322 g/mol. The number of nitro groups is 1. The van der Waals surface area contributed by atoms with Crippen molar-refractivity contribution in [1.29, 1.82) is 5.26 Å². The Morgan fingerprint density at radius 3 is 2.60 bits per heavy atom. The second-order valence-corrected chi connectivity index (χ2v) is 6.14. The summed E-state index contributed by atoms with van der Waals surface area (Å²) in [5, 5.41) is 24.2. The van der Waals surface area contributed by atoms with Crippen molar-refractivity contribution in [3.05, 3.63) is 50.9 Å². The number of hydrogen-bond acceptors (Lipinski definition) is 7. The summed E-state index contributed by atoms with van der Waals surface area (Å²) in [6.45, 7) is 7.58. The first kappa shape index (κ1) is 16.9. The van der Waals surface area contributed by atoms with E-state index in [1.807, 2.05) is 24.8 Å². The van der Waals surface area contributed by atoms with Crippen molar-refractivity contribution in [3.8, 4) is 6.07 Å². The molecule has 0 atom stereocenters. The van der Waals surface area contributed by atoms with Crippen molar-refractivity contribution in [3.63, 3.8) is 0 Å². The molecule has 1 fully saturated rings. The van der Waals surface area contributed by atoms with Gasteiger partial charge in [-0.2, -0.15) is 5.26 Å². The Morgan fingerprint density at radius 1 is 1.32 bits per heavy atom. The van der Waals surface area contributed by atoms with Crippen molar-refractivity contribution in [2.24, 2.45) is 0 Å². The van der Waals surface area contributed by atoms with Crippen LogP contribution in [0.3, 0.4) is 0 Å². The second kappa shape index (κ2) is 6.91. The van der Waals surface area contributed by atoms with Crippen LogP contribution in [0.2, 0.25) is 0 Å². The summed E-state index contributed by atoms with van der Waals surface area (Å²) in [7, 11) is 0. The predicted octanol–water partition coefficient (Wildman–Crippen LogP) is 2.39. The standard InChI is InChI=1S/C17H19N5O3/c1-12-15(13(2)25-19-12)11-20-5-7-21(8-6-20)16-4-3-14(10-18)9-17(16)22(23)24/h3-4,9H,5-8,11H2,1-2H3. The van der Waals surface area contributed by atoms with Crippen LogP contribution in [0.1, 0.15) is 22.6 Å². The van der Waals surface area contributed by atoms with Crippen LogP contribution in [-0.2, 0) is 6.54 Å². The fraction of sp³-hybridized carbons (Fsp3) is 0.412. The summed E-state index contributed by atoms with van der Waals surface area (Å²) in [6, 6.07) is 6.58. The van der Waals surface area contributed by atoms with Gasteiger partial charge in [-0.05, 0) is 26.0 Å². The summed E-state index contributed by atoms with van der Waals surface area (Å²) in [6.07, 6.45) is 0. The minimum Gasteiger partial charge on any atom is -0.363 e. The van der Waals surface area contributed by atoms with Gasteiger partial charge in [0.25, 0.3) is 5.69 Å². The number of aromatic nitrogens is 1. The van der Waals surface area contributed by atoms with Crippen LogP contribution in [0.25, 0.3) is 0 Å². The van der Waals surface area contributed by atoms with E-state index in [9.17, 15) is 10.1 Å². The average molecular weight is 341 g/mol. The lowest BCUT2D eigenvalue weighted by atomic mass is 10.1. The highest BCUT2D eigenvalue weighted by Crippen LogP contribution is 2.30. The molecule has 0 radical (unpaired) electrons. The number of hydrogen-bond donors (Lipinski definition) is 0. The highest BCUT2D eigenvalue weighted by molar-refractivity contribution is 5.65. The van der Waals surface area contributed by atoms with Crippen molar-refractivity contribution in [1.82, 2.24) is 10.1 Å². The molecule has 2 heterocycles. The van der Waals surface area contributed by atoms with Crippen LogP contribution in [0, 0.1) is 35.3 Å². The second-order valence-electron chi connectivity index (χ2n) is 6.14. The fourth-order valence-electron chi connectivity index (χ4n) is 3.10. The first-order valence-electron chi connectivity index (χ1n) is 8.07. The van der Waals surface area contributed by atoms with Gasteiger partial charge in [0.15, 0.2) is 0 Å². The number of aryl methyl sites for hydroxylation is 2. The van der Waals surface area contributed by atoms with Gasteiger partial charge in [-0.15, -0.1) is 0 Å². The normalized spacial score (nSPS) is 15.2. The molecule has 1 aliphatic heterocycles. The van der Waals surface area contributed by atoms with E-state index in [-0.39, 0.29) is 5.69 Å². The molecule has 0 aliphatic carbocycles. The Balaban J connectivity index is 1.70. The molecule has 0 saturated carbocycles. The van der Waals surface area contributed by atoms with E-state index in [4.69, 9.17) is 9.78 Å². The Labute approximate surface area is 145 Å². The Kier molecular flexibility index (Phi) is 4.67. The monoisotopic (exact) mass is 341 g/mol. The van der Waals surface area contributed by atoms with Crippen LogP contribution >= 0.6 is 0 Å². The summed E-state index contributed by atoms with van der Waals surface area (Å²) < 4.78 is 5.20. The molecule has 8 heteroatoms. The number of nitrogens with zero attached hydrogens (tertiary/aromatic N) is 5. The minimum atomic E-state index is -0.424. The molecule has 1 aromatic heterocycles. The third kappa shape index (κ3) is 3.46. The molecular formula is C17H19N5O3. The van der Waals surface area contributed by atoms with Gasteiger partial charge in [-0.1, -0.05) is 5.16 Å². The highest BCUT2D eigenvalue weighted by Gasteiger charge is 2.25. The first-order valence-corrected chi connectivity index (χ1v) is 8.07. The Morgan fingerprint density at radius 2 is 2.04 bits per heavy atom. The maximum atomic E-state index is 11.3. The number of rotatable bonds is 4. The van der Waals surface area contributed by atoms with E-state index >= 15 is 0 Å². The SMILES string of the molecule is Cc1noc(C)c1CN1CCN(c2ccc(C#N)cc2[N+](=O)[O-])CC1. The molecule has 0 N–H and O–H groups in total. The van der Waals surface area contributed by atoms with Crippen LogP contribution in [0.15, 0.2) is 22.7 Å². The third-order valence-electron chi connectivity index (χ3n) is 4.58. The number of nitro benzene ring substituents is 1. The zero-order valence-corrected chi connectivity index (χ0v) is 14.2. The van der Waals surface area contributed by atoms with Crippen LogP contribution in [0.4, 0.5) is 11.4 Å². The number of nitriles is 1. The quantitative estimate of drug-likeness (QED) is 0.622. The van der Waals surface area contributed by atoms with E-state index in [0.29, 0.717) is 24.3 Å². The lowest BCUT2D eigenvalue weighted by Gasteiger charge is -2.35. The molecule has 130 valence electrons. The molecule has 0 amide bonds. The third-order valence-corrected chi connectivity index (χ3v) is 4.58. The van der Waals surface area contributed by atoms with Gasteiger partial charge in [-0.3, -0.25) is 15.0 Å². The van der Waals surface area contributed by atoms with Crippen LogP contribution in [-0.4, -0.2) is 41.2 Å². The van der Waals surface area contributed by atoms with Gasteiger partial charge in [-0.25, -0.2) is 0 Å². The first-order chi connectivity index (χ1) is 12.0. The van der Waals surface area contributed by atoms with Gasteiger partial charge in [0, 0.05) is 44.4 Å². The van der Waals surface area contributed by atoms with Crippen molar-refractivity contribution >= 4 is 11.4 Å². The topological polar surface area (TPSA) is 99.4 Å². The molecule has 1 saturated heterocycles. The predicted molar refractivity (Wildman–Crippen MR) is 91.3 cm³/mol. The molecule has 1 aromatic carbocycles. The maximum absolute atomic E-state index is 11.3. The van der Waals surface area contributed by atoms with Crippen molar-refractivity contribution in [2.75, 3.05) is 31.1 Å². The molecule has 3 rings (SSSR count).